The van der Waals surface area contributed by atoms with Crippen molar-refractivity contribution < 1.29 is 4.79 Å². The molecule has 7 heteroatoms. The van der Waals surface area contributed by atoms with Crippen molar-refractivity contribution >= 4 is 32.9 Å². The Morgan fingerprint density at radius 2 is 2.09 bits per heavy atom. The number of halogens is 1. The minimum atomic E-state index is -0.643. The summed E-state index contributed by atoms with van der Waals surface area (Å²) >= 11 is 3.43. The molecule has 120 valence electrons. The van der Waals surface area contributed by atoms with Crippen molar-refractivity contribution in [3.05, 3.63) is 42.9 Å². The van der Waals surface area contributed by atoms with Crippen LogP contribution in [0.3, 0.4) is 0 Å². The molecule has 2 aromatic rings. The number of aryl methyl sites for hydroxylation is 1. The fourth-order valence-corrected chi connectivity index (χ4v) is 3.84. The maximum absolute atomic E-state index is 12.4. The SMILES string of the molecule is O=C(CC1CCc2cc(Br)cc3[nH]c(=O)c(=O)n1c23)NC1CC1. The number of carbonyl (C=O) groups excluding carboxylic acids is 1. The van der Waals surface area contributed by atoms with Gasteiger partial charge in [-0.3, -0.25) is 19.0 Å². The van der Waals surface area contributed by atoms with Crippen LogP contribution in [-0.2, 0) is 11.2 Å². The molecule has 2 aliphatic rings. The van der Waals surface area contributed by atoms with Crippen molar-refractivity contribution in [2.75, 3.05) is 0 Å². The number of aromatic nitrogens is 2. The Hall–Kier alpha value is -1.89. The summed E-state index contributed by atoms with van der Waals surface area (Å²) in [6.45, 7) is 0. The number of hydrogen-bond donors (Lipinski definition) is 2. The first-order valence-corrected chi connectivity index (χ1v) is 8.58. The molecule has 0 saturated heterocycles. The van der Waals surface area contributed by atoms with E-state index in [1.54, 1.807) is 6.07 Å². The van der Waals surface area contributed by atoms with Crippen LogP contribution in [0.15, 0.2) is 26.2 Å². The summed E-state index contributed by atoms with van der Waals surface area (Å²) in [7, 11) is 0. The Labute approximate surface area is 140 Å². The lowest BCUT2D eigenvalue weighted by Crippen LogP contribution is -2.41. The van der Waals surface area contributed by atoms with E-state index in [9.17, 15) is 14.4 Å². The minimum absolute atomic E-state index is 0.0432. The quantitative estimate of drug-likeness (QED) is 0.796. The minimum Gasteiger partial charge on any atom is -0.353 e. The van der Waals surface area contributed by atoms with E-state index in [1.807, 2.05) is 6.07 Å². The largest absolute Gasteiger partial charge is 0.353 e. The smallest absolute Gasteiger partial charge is 0.317 e. The molecule has 1 aliphatic carbocycles. The summed E-state index contributed by atoms with van der Waals surface area (Å²) in [6, 6.07) is 3.80. The molecule has 0 radical (unpaired) electrons. The van der Waals surface area contributed by atoms with E-state index in [0.29, 0.717) is 18.0 Å². The highest BCUT2D eigenvalue weighted by molar-refractivity contribution is 9.10. The predicted octanol–water partition coefficient (Wildman–Crippen LogP) is 1.61. The molecule has 1 atom stereocenters. The first kappa shape index (κ1) is 14.7. The molecular weight excluding hydrogens is 362 g/mol. The molecule has 1 aromatic carbocycles. The molecule has 1 fully saturated rings. The Morgan fingerprint density at radius 3 is 2.83 bits per heavy atom. The molecule has 1 amide bonds. The summed E-state index contributed by atoms with van der Waals surface area (Å²) in [4.78, 5) is 39.1. The second-order valence-electron chi connectivity index (χ2n) is 6.33. The maximum atomic E-state index is 12.4. The molecular formula is C16H16BrN3O3. The molecule has 4 rings (SSSR count). The summed E-state index contributed by atoms with van der Waals surface area (Å²) in [5.41, 5.74) is 1.17. The molecule has 1 aliphatic heterocycles. The maximum Gasteiger partial charge on any atom is 0.317 e. The van der Waals surface area contributed by atoms with E-state index in [1.165, 1.54) is 4.57 Å². The van der Waals surface area contributed by atoms with E-state index in [0.717, 1.165) is 34.8 Å². The van der Waals surface area contributed by atoms with Gasteiger partial charge in [0.25, 0.3) is 0 Å². The second-order valence-corrected chi connectivity index (χ2v) is 7.24. The number of benzene rings is 1. The van der Waals surface area contributed by atoms with Crippen LogP contribution in [0.25, 0.3) is 11.0 Å². The number of nitrogens with one attached hydrogen (secondary N) is 2. The Kier molecular flexibility index (Phi) is 3.41. The summed E-state index contributed by atoms with van der Waals surface area (Å²) in [5, 5.41) is 2.95. The van der Waals surface area contributed by atoms with Crippen LogP contribution in [0.2, 0.25) is 0 Å². The number of aromatic amines is 1. The molecule has 23 heavy (non-hydrogen) atoms. The van der Waals surface area contributed by atoms with Crippen molar-refractivity contribution in [2.45, 2.75) is 44.2 Å². The van der Waals surface area contributed by atoms with Gasteiger partial charge in [0.15, 0.2) is 0 Å². The normalized spacial score (nSPS) is 19.8. The van der Waals surface area contributed by atoms with Crippen molar-refractivity contribution in [3.63, 3.8) is 0 Å². The van der Waals surface area contributed by atoms with Crippen LogP contribution in [-0.4, -0.2) is 21.5 Å². The number of hydrogen-bond acceptors (Lipinski definition) is 3. The zero-order chi connectivity index (χ0) is 16.1. The Morgan fingerprint density at radius 1 is 1.30 bits per heavy atom. The van der Waals surface area contributed by atoms with Crippen molar-refractivity contribution in [3.8, 4) is 0 Å². The van der Waals surface area contributed by atoms with E-state index in [4.69, 9.17) is 0 Å². The van der Waals surface area contributed by atoms with Crippen LogP contribution in [0, 0.1) is 0 Å². The predicted molar refractivity (Wildman–Crippen MR) is 89.7 cm³/mol. The third kappa shape index (κ3) is 2.63. The highest BCUT2D eigenvalue weighted by atomic mass is 79.9. The van der Waals surface area contributed by atoms with Gasteiger partial charge in [0.1, 0.15) is 0 Å². The first-order valence-electron chi connectivity index (χ1n) is 7.79. The van der Waals surface area contributed by atoms with Crippen molar-refractivity contribution in [1.29, 1.82) is 0 Å². The first-order chi connectivity index (χ1) is 11.0. The lowest BCUT2D eigenvalue weighted by molar-refractivity contribution is -0.122. The fourth-order valence-electron chi connectivity index (χ4n) is 3.33. The third-order valence-corrected chi connectivity index (χ3v) is 4.99. The molecule has 6 nitrogen and oxygen atoms in total. The van der Waals surface area contributed by atoms with Gasteiger partial charge in [0.2, 0.25) is 5.91 Å². The van der Waals surface area contributed by atoms with E-state index >= 15 is 0 Å². The third-order valence-electron chi connectivity index (χ3n) is 4.53. The van der Waals surface area contributed by atoms with E-state index < -0.39 is 11.1 Å². The zero-order valence-corrected chi connectivity index (χ0v) is 14.0. The van der Waals surface area contributed by atoms with Gasteiger partial charge >= 0.3 is 11.1 Å². The number of rotatable bonds is 3. The number of nitrogens with zero attached hydrogens (tertiary/aromatic N) is 1. The van der Waals surface area contributed by atoms with Crippen molar-refractivity contribution in [2.24, 2.45) is 0 Å². The highest BCUT2D eigenvalue weighted by Crippen LogP contribution is 2.32. The summed E-state index contributed by atoms with van der Waals surface area (Å²) < 4.78 is 2.39. The summed E-state index contributed by atoms with van der Waals surface area (Å²) in [5.74, 6) is -0.0432. The average molecular weight is 378 g/mol. The van der Waals surface area contributed by atoms with Crippen molar-refractivity contribution in [1.82, 2.24) is 14.9 Å². The molecule has 1 saturated carbocycles. The second kappa shape index (κ2) is 5.33. The zero-order valence-electron chi connectivity index (χ0n) is 12.4. The van der Waals surface area contributed by atoms with Crippen LogP contribution >= 0.6 is 15.9 Å². The number of H-pyrrole nitrogens is 1. The molecule has 0 bridgehead atoms. The van der Waals surface area contributed by atoms with Gasteiger partial charge in [-0.2, -0.15) is 0 Å². The van der Waals surface area contributed by atoms with Crippen LogP contribution in [0.5, 0.6) is 0 Å². The van der Waals surface area contributed by atoms with Gasteiger partial charge in [0, 0.05) is 23.0 Å². The van der Waals surface area contributed by atoms with Gasteiger partial charge in [-0.05, 0) is 43.4 Å². The Bertz CT molecular complexity index is 927. The van der Waals surface area contributed by atoms with E-state index in [2.05, 4.69) is 26.2 Å². The average Bonchev–Trinajstić information content (AvgIpc) is 3.29. The highest BCUT2D eigenvalue weighted by Gasteiger charge is 2.29. The summed E-state index contributed by atoms with van der Waals surface area (Å²) in [6.07, 6.45) is 3.76. The molecule has 1 aromatic heterocycles. The molecule has 0 spiro atoms. The number of carbonyl (C=O) groups is 1. The standard InChI is InChI=1S/C16H16BrN3O3/c17-9-5-8-1-4-11(7-13(21)18-10-2-3-10)20-14(8)12(6-9)19-15(22)16(20)23/h5-6,10-11H,1-4,7H2,(H,18,21)(H,19,22). The van der Waals surface area contributed by atoms with E-state index in [-0.39, 0.29) is 18.4 Å². The van der Waals surface area contributed by atoms with Gasteiger partial charge < -0.3 is 10.3 Å². The topological polar surface area (TPSA) is 84.0 Å². The Balaban J connectivity index is 1.82. The number of amides is 1. The van der Waals surface area contributed by atoms with Crippen LogP contribution < -0.4 is 16.4 Å². The lowest BCUT2D eigenvalue weighted by atomic mass is 9.96. The molecule has 2 heterocycles. The van der Waals surface area contributed by atoms with Gasteiger partial charge in [-0.15, -0.1) is 0 Å². The van der Waals surface area contributed by atoms with Crippen LogP contribution in [0.4, 0.5) is 0 Å². The van der Waals surface area contributed by atoms with Gasteiger partial charge in [0.05, 0.1) is 11.0 Å². The van der Waals surface area contributed by atoms with Crippen LogP contribution in [0.1, 0.15) is 37.3 Å². The molecule has 2 N–H and O–H groups in total. The van der Waals surface area contributed by atoms with Gasteiger partial charge in [-0.1, -0.05) is 15.9 Å². The van der Waals surface area contributed by atoms with Gasteiger partial charge in [-0.25, -0.2) is 0 Å². The monoisotopic (exact) mass is 377 g/mol. The lowest BCUT2D eigenvalue weighted by Gasteiger charge is -2.27. The fraction of sp³-hybridized carbons (Fsp3) is 0.438. The molecule has 1 unspecified atom stereocenters.